The molecular formula is C32H40ClN5OS. The molecule has 0 unspecified atom stereocenters. The van der Waals surface area contributed by atoms with Crippen molar-refractivity contribution in [3.8, 4) is 11.8 Å². The lowest BCUT2D eigenvalue weighted by molar-refractivity contribution is 0.125. The Bertz CT molecular complexity index is 1440. The maximum atomic E-state index is 9.76. The third-order valence-electron chi connectivity index (χ3n) is 7.96. The van der Waals surface area contributed by atoms with Crippen molar-refractivity contribution < 1.29 is 4.74 Å². The molecule has 1 saturated heterocycles. The normalized spacial score (nSPS) is 17.1. The predicted molar refractivity (Wildman–Crippen MR) is 167 cm³/mol. The van der Waals surface area contributed by atoms with Crippen LogP contribution >= 0.6 is 22.9 Å². The van der Waals surface area contributed by atoms with Crippen molar-refractivity contribution in [2.75, 3.05) is 43.5 Å². The molecule has 2 aliphatic heterocycles. The number of para-hydroxylation sites is 2. The van der Waals surface area contributed by atoms with Crippen LogP contribution in [0.2, 0.25) is 5.02 Å². The van der Waals surface area contributed by atoms with Crippen molar-refractivity contribution >= 4 is 45.1 Å². The second-order valence-corrected chi connectivity index (χ2v) is 14.8. The number of likely N-dealkylation sites (tertiary alicyclic amines) is 1. The third kappa shape index (κ3) is 5.42. The summed E-state index contributed by atoms with van der Waals surface area (Å²) in [6.07, 6.45) is 2.09. The number of nitrogens with zero attached hydrogens (tertiary/aromatic N) is 4. The topological polar surface area (TPSA) is 64.4 Å². The number of nitriles is 1. The Balaban J connectivity index is 1.54. The number of nitrogens with one attached hydrogen (secondary N) is 1. The lowest BCUT2D eigenvalue weighted by Gasteiger charge is -2.42. The summed E-state index contributed by atoms with van der Waals surface area (Å²) in [5.74, 6) is 0.833. The maximum Gasteiger partial charge on any atom is 0.188 e. The Labute approximate surface area is 247 Å². The van der Waals surface area contributed by atoms with Crippen LogP contribution in [0.25, 0.3) is 0 Å². The minimum absolute atomic E-state index is 0.0585. The monoisotopic (exact) mass is 577 g/mol. The first-order valence-corrected chi connectivity index (χ1v) is 15.2. The van der Waals surface area contributed by atoms with Crippen LogP contribution in [0.5, 0.6) is 5.75 Å². The average molecular weight is 578 g/mol. The number of hydrogen-bond donors (Lipinski definition) is 1. The number of hydrogen-bond acceptors (Lipinski definition) is 7. The lowest BCUT2D eigenvalue weighted by Crippen LogP contribution is -2.46. The van der Waals surface area contributed by atoms with Gasteiger partial charge >= 0.3 is 0 Å². The van der Waals surface area contributed by atoms with Crippen LogP contribution < -0.4 is 15.0 Å². The summed E-state index contributed by atoms with van der Waals surface area (Å²) in [6.45, 7) is 17.2. The number of rotatable bonds is 5. The summed E-state index contributed by atoms with van der Waals surface area (Å²) in [6, 6.07) is 14.6. The van der Waals surface area contributed by atoms with E-state index in [-0.39, 0.29) is 16.2 Å². The molecule has 0 bridgehead atoms. The number of piperidine rings is 1. The summed E-state index contributed by atoms with van der Waals surface area (Å²) in [5, 5.41) is 14.8. The molecule has 1 aromatic heterocycles. The zero-order chi connectivity index (χ0) is 28.9. The number of anilines is 4. The van der Waals surface area contributed by atoms with Crippen molar-refractivity contribution in [2.24, 2.45) is 5.41 Å². The van der Waals surface area contributed by atoms with E-state index in [1.54, 1.807) is 7.11 Å². The van der Waals surface area contributed by atoms with Crippen molar-refractivity contribution in [3.05, 3.63) is 57.6 Å². The first kappa shape index (κ1) is 28.7. The van der Waals surface area contributed by atoms with Crippen LogP contribution in [0.3, 0.4) is 0 Å². The summed E-state index contributed by atoms with van der Waals surface area (Å²) >= 11 is 8.42. The summed E-state index contributed by atoms with van der Waals surface area (Å²) < 4.78 is 5.94. The molecule has 40 heavy (non-hydrogen) atoms. The summed E-state index contributed by atoms with van der Waals surface area (Å²) in [4.78, 5) is 10.5. The van der Waals surface area contributed by atoms with Gasteiger partial charge in [0.25, 0.3) is 0 Å². The number of aromatic nitrogens is 1. The average Bonchev–Trinajstić information content (AvgIpc) is 3.46. The van der Waals surface area contributed by atoms with Gasteiger partial charge in [0.15, 0.2) is 5.13 Å². The van der Waals surface area contributed by atoms with Gasteiger partial charge < -0.3 is 19.9 Å². The van der Waals surface area contributed by atoms with E-state index in [9.17, 15) is 5.26 Å². The molecule has 0 atom stereocenters. The highest BCUT2D eigenvalue weighted by Crippen LogP contribution is 2.56. The molecule has 2 aliphatic rings. The molecule has 1 N–H and O–H groups in total. The van der Waals surface area contributed by atoms with Crippen molar-refractivity contribution in [2.45, 2.75) is 65.2 Å². The third-order valence-corrected chi connectivity index (χ3v) is 9.15. The standard InChI is InChI=1S/C32H40ClN5OS/c1-30(2,3)19-37-16-14-32(15-17-37)20-38(27-24(39-7)13-12-21(33)26(27)32)23-11-9-8-10-22(23)35-29-36-28(31(4,5)6)25(18-34)40-29/h8-13H,14-17,19-20H2,1-7H3,(H,35,36). The van der Waals surface area contributed by atoms with Crippen LogP contribution in [-0.2, 0) is 10.8 Å². The minimum Gasteiger partial charge on any atom is -0.495 e. The summed E-state index contributed by atoms with van der Waals surface area (Å²) in [7, 11) is 1.73. The van der Waals surface area contributed by atoms with E-state index in [1.807, 2.05) is 18.2 Å². The maximum absolute atomic E-state index is 9.76. The van der Waals surface area contributed by atoms with Crippen LogP contribution in [0.4, 0.5) is 22.2 Å². The molecule has 2 aromatic carbocycles. The minimum atomic E-state index is -0.215. The highest BCUT2D eigenvalue weighted by atomic mass is 35.5. The van der Waals surface area contributed by atoms with E-state index in [2.05, 4.69) is 80.9 Å². The molecule has 212 valence electrons. The smallest absolute Gasteiger partial charge is 0.188 e. The zero-order valence-corrected chi connectivity index (χ0v) is 26.3. The van der Waals surface area contributed by atoms with Gasteiger partial charge in [-0.2, -0.15) is 5.26 Å². The fraction of sp³-hybridized carbons (Fsp3) is 0.500. The zero-order valence-electron chi connectivity index (χ0n) is 24.7. The van der Waals surface area contributed by atoms with Gasteiger partial charge in [-0.15, -0.1) is 0 Å². The van der Waals surface area contributed by atoms with E-state index in [0.717, 1.165) is 77.7 Å². The van der Waals surface area contributed by atoms with Gasteiger partial charge in [-0.3, -0.25) is 0 Å². The quantitative estimate of drug-likeness (QED) is 0.329. The summed E-state index contributed by atoms with van der Waals surface area (Å²) in [5.41, 5.74) is 5.06. The van der Waals surface area contributed by atoms with E-state index >= 15 is 0 Å². The van der Waals surface area contributed by atoms with Crippen LogP contribution in [0.15, 0.2) is 36.4 Å². The van der Waals surface area contributed by atoms with Gasteiger partial charge in [0.1, 0.15) is 16.7 Å². The number of ether oxygens (including phenoxy) is 1. The molecule has 0 saturated carbocycles. The molecule has 3 aromatic rings. The van der Waals surface area contributed by atoms with Crippen molar-refractivity contribution in [3.63, 3.8) is 0 Å². The van der Waals surface area contributed by atoms with Gasteiger partial charge in [0.05, 0.1) is 29.9 Å². The van der Waals surface area contributed by atoms with E-state index in [0.29, 0.717) is 4.88 Å². The molecule has 1 spiro atoms. The Morgan fingerprint density at radius 3 is 2.40 bits per heavy atom. The Morgan fingerprint density at radius 2 is 1.80 bits per heavy atom. The highest BCUT2D eigenvalue weighted by Gasteiger charge is 2.48. The number of fused-ring (bicyclic) bond motifs is 2. The number of thiazole rings is 1. The Kier molecular flexibility index (Phi) is 7.58. The Hall–Kier alpha value is -2.79. The fourth-order valence-electron chi connectivity index (χ4n) is 6.26. The van der Waals surface area contributed by atoms with E-state index in [4.69, 9.17) is 21.3 Å². The van der Waals surface area contributed by atoms with Crippen molar-refractivity contribution in [1.29, 1.82) is 5.26 Å². The molecule has 0 amide bonds. The highest BCUT2D eigenvalue weighted by molar-refractivity contribution is 7.16. The second-order valence-electron chi connectivity index (χ2n) is 13.4. The molecule has 5 rings (SSSR count). The fourth-order valence-corrected chi connectivity index (χ4v) is 7.60. The van der Waals surface area contributed by atoms with Crippen LogP contribution in [-0.4, -0.2) is 43.2 Å². The van der Waals surface area contributed by atoms with Gasteiger partial charge in [0.2, 0.25) is 0 Å². The van der Waals surface area contributed by atoms with Crippen LogP contribution in [0.1, 0.15) is 70.5 Å². The van der Waals surface area contributed by atoms with E-state index < -0.39 is 0 Å². The molecule has 6 nitrogen and oxygen atoms in total. The first-order valence-electron chi connectivity index (χ1n) is 14.0. The SMILES string of the molecule is COc1ccc(Cl)c2c1N(c1ccccc1Nc1nc(C(C)(C)C)c(C#N)s1)CC21CCN(CC(C)(C)C)CC1. The lowest BCUT2D eigenvalue weighted by atomic mass is 9.74. The van der Waals surface area contributed by atoms with Crippen LogP contribution in [0, 0.1) is 16.7 Å². The van der Waals surface area contributed by atoms with Crippen molar-refractivity contribution in [1.82, 2.24) is 9.88 Å². The number of benzene rings is 2. The van der Waals surface area contributed by atoms with E-state index in [1.165, 1.54) is 16.9 Å². The Morgan fingerprint density at radius 1 is 1.10 bits per heavy atom. The van der Waals surface area contributed by atoms with Gasteiger partial charge in [0, 0.05) is 34.5 Å². The molecule has 0 aliphatic carbocycles. The number of halogens is 1. The molecular weight excluding hydrogens is 538 g/mol. The van der Waals surface area contributed by atoms with Gasteiger partial charge in [-0.25, -0.2) is 4.98 Å². The second kappa shape index (κ2) is 10.6. The molecule has 0 radical (unpaired) electrons. The molecule has 3 heterocycles. The first-order chi connectivity index (χ1) is 18.8. The van der Waals surface area contributed by atoms with Gasteiger partial charge in [-0.05, 0) is 55.6 Å². The van der Waals surface area contributed by atoms with Gasteiger partial charge in [-0.1, -0.05) is 76.6 Å². The number of methoxy groups -OCH3 is 1. The molecule has 8 heteroatoms. The largest absolute Gasteiger partial charge is 0.495 e. The molecule has 1 fully saturated rings. The predicted octanol–water partition coefficient (Wildman–Crippen LogP) is 8.25.